The number of hydrogen-bond donors (Lipinski definition) is 0. The van der Waals surface area contributed by atoms with Crippen LogP contribution in [0.25, 0.3) is 0 Å². The molecule has 0 aromatic heterocycles. The summed E-state index contributed by atoms with van der Waals surface area (Å²) in [5, 5.41) is 0. The summed E-state index contributed by atoms with van der Waals surface area (Å²) in [6.07, 6.45) is 20.5. The van der Waals surface area contributed by atoms with Crippen LogP contribution in [-0.2, 0) is 25.6 Å². The fourth-order valence-electron chi connectivity index (χ4n) is 3.91. The van der Waals surface area contributed by atoms with Crippen molar-refractivity contribution in [2.45, 2.75) is 116 Å². The maximum Gasteiger partial charge on any atom is 0.305 e. The van der Waals surface area contributed by atoms with Crippen molar-refractivity contribution in [1.29, 1.82) is 0 Å². The van der Waals surface area contributed by atoms with Crippen LogP contribution in [0.4, 0.5) is 0 Å². The Labute approximate surface area is 203 Å². The molecule has 0 heterocycles. The van der Waals surface area contributed by atoms with Crippen molar-refractivity contribution in [3.05, 3.63) is 35.9 Å². The Kier molecular flexibility index (Phi) is 21.3. The van der Waals surface area contributed by atoms with Gasteiger partial charge in [0.05, 0.1) is 26.4 Å². The highest BCUT2D eigenvalue weighted by molar-refractivity contribution is 5.69. The second kappa shape index (κ2) is 23.8. The minimum absolute atomic E-state index is 0.103. The Morgan fingerprint density at radius 1 is 0.606 bits per heavy atom. The summed E-state index contributed by atoms with van der Waals surface area (Å²) >= 11 is 0. The van der Waals surface area contributed by atoms with Gasteiger partial charge in [0.2, 0.25) is 0 Å². The maximum absolute atomic E-state index is 11.8. The van der Waals surface area contributed by atoms with Crippen molar-refractivity contribution in [2.75, 3.05) is 26.4 Å². The average molecular weight is 463 g/mol. The predicted molar refractivity (Wildman–Crippen MR) is 137 cm³/mol. The van der Waals surface area contributed by atoms with Crippen LogP contribution in [0.15, 0.2) is 30.3 Å². The lowest BCUT2D eigenvalue weighted by atomic mass is 10.0. The van der Waals surface area contributed by atoms with E-state index in [1.165, 1.54) is 83.5 Å². The largest absolute Gasteiger partial charge is 0.463 e. The minimum atomic E-state index is -0.103. The summed E-state index contributed by atoms with van der Waals surface area (Å²) in [7, 11) is 0. The normalized spacial score (nSPS) is 11.1. The van der Waals surface area contributed by atoms with Gasteiger partial charge in [-0.25, -0.2) is 0 Å². The smallest absolute Gasteiger partial charge is 0.305 e. The van der Waals surface area contributed by atoms with Gasteiger partial charge in [0.25, 0.3) is 0 Å². The summed E-state index contributed by atoms with van der Waals surface area (Å²) in [6.45, 7) is 4.69. The van der Waals surface area contributed by atoms with E-state index in [4.69, 9.17) is 14.2 Å². The molecule has 0 spiro atoms. The third-order valence-electron chi connectivity index (χ3n) is 5.96. The molecule has 0 unspecified atom stereocenters. The molecule has 4 nitrogen and oxygen atoms in total. The molecule has 0 bridgehead atoms. The molecular formula is C29H50O4. The molecule has 4 heteroatoms. The summed E-state index contributed by atoms with van der Waals surface area (Å²) in [4.78, 5) is 11.8. The van der Waals surface area contributed by atoms with Crippen LogP contribution in [-0.4, -0.2) is 32.4 Å². The number of rotatable bonds is 24. The van der Waals surface area contributed by atoms with Gasteiger partial charge in [-0.05, 0) is 12.0 Å². The number of unbranched alkanes of at least 4 members (excludes halogenated alkanes) is 14. The van der Waals surface area contributed by atoms with Crippen molar-refractivity contribution in [1.82, 2.24) is 0 Å². The fourth-order valence-corrected chi connectivity index (χ4v) is 3.91. The number of benzene rings is 1. The highest BCUT2D eigenvalue weighted by atomic mass is 16.6. The van der Waals surface area contributed by atoms with Crippen LogP contribution >= 0.6 is 0 Å². The van der Waals surface area contributed by atoms with Gasteiger partial charge in [-0.1, -0.05) is 127 Å². The Morgan fingerprint density at radius 3 is 1.67 bits per heavy atom. The molecule has 0 amide bonds. The topological polar surface area (TPSA) is 44.8 Å². The average Bonchev–Trinajstić information content (AvgIpc) is 2.84. The maximum atomic E-state index is 11.8. The van der Waals surface area contributed by atoms with Crippen molar-refractivity contribution < 1.29 is 19.0 Å². The van der Waals surface area contributed by atoms with Gasteiger partial charge in [-0.3, -0.25) is 4.79 Å². The third-order valence-corrected chi connectivity index (χ3v) is 5.96. The molecule has 1 rings (SSSR count). The van der Waals surface area contributed by atoms with Crippen LogP contribution in [0.2, 0.25) is 0 Å². The Hall–Kier alpha value is -1.39. The molecule has 0 N–H and O–H groups in total. The van der Waals surface area contributed by atoms with E-state index in [0.29, 0.717) is 39.5 Å². The Bertz CT molecular complexity index is 532. The van der Waals surface area contributed by atoms with Gasteiger partial charge >= 0.3 is 5.97 Å². The fraction of sp³-hybridized carbons (Fsp3) is 0.759. The van der Waals surface area contributed by atoms with E-state index >= 15 is 0 Å². The zero-order valence-electron chi connectivity index (χ0n) is 21.4. The lowest BCUT2D eigenvalue weighted by Gasteiger charge is -2.07. The highest BCUT2D eigenvalue weighted by Crippen LogP contribution is 2.13. The number of hydrogen-bond acceptors (Lipinski definition) is 4. The minimum Gasteiger partial charge on any atom is -0.463 e. The first kappa shape index (κ1) is 29.6. The lowest BCUT2D eigenvalue weighted by Crippen LogP contribution is -2.12. The third kappa shape index (κ3) is 20.9. The zero-order valence-corrected chi connectivity index (χ0v) is 21.4. The zero-order chi connectivity index (χ0) is 23.7. The first-order valence-electron chi connectivity index (χ1n) is 13.7. The Balaban J connectivity index is 1.72. The SMILES string of the molecule is CCCCCCCCCCCCCCCCCC(=O)OCCOCCOCc1ccccc1. The van der Waals surface area contributed by atoms with Crippen LogP contribution in [0.1, 0.15) is 115 Å². The van der Waals surface area contributed by atoms with E-state index in [1.54, 1.807) is 0 Å². The lowest BCUT2D eigenvalue weighted by molar-refractivity contribution is -0.145. The molecule has 190 valence electrons. The van der Waals surface area contributed by atoms with Crippen LogP contribution in [0.3, 0.4) is 0 Å². The molecular weight excluding hydrogens is 412 g/mol. The van der Waals surface area contributed by atoms with Gasteiger partial charge in [0.15, 0.2) is 0 Å². The molecule has 0 aliphatic carbocycles. The molecule has 0 aliphatic heterocycles. The molecule has 0 radical (unpaired) electrons. The van der Waals surface area contributed by atoms with Gasteiger partial charge in [0, 0.05) is 6.42 Å². The van der Waals surface area contributed by atoms with E-state index in [9.17, 15) is 4.79 Å². The molecule has 0 saturated heterocycles. The quantitative estimate of drug-likeness (QED) is 0.115. The van der Waals surface area contributed by atoms with Gasteiger partial charge in [-0.2, -0.15) is 0 Å². The van der Waals surface area contributed by atoms with E-state index in [1.807, 2.05) is 30.3 Å². The van der Waals surface area contributed by atoms with Crippen molar-refractivity contribution in [2.24, 2.45) is 0 Å². The molecule has 0 aliphatic rings. The summed E-state index contributed by atoms with van der Waals surface area (Å²) in [5.74, 6) is -0.103. The van der Waals surface area contributed by atoms with Crippen molar-refractivity contribution in [3.8, 4) is 0 Å². The molecule has 0 atom stereocenters. The second-order valence-corrected chi connectivity index (χ2v) is 9.07. The molecule has 0 saturated carbocycles. The molecule has 0 fully saturated rings. The Morgan fingerprint density at radius 2 is 1.09 bits per heavy atom. The van der Waals surface area contributed by atoms with Crippen LogP contribution in [0.5, 0.6) is 0 Å². The van der Waals surface area contributed by atoms with E-state index < -0.39 is 0 Å². The van der Waals surface area contributed by atoms with E-state index in [0.717, 1.165) is 18.4 Å². The van der Waals surface area contributed by atoms with Gasteiger partial charge in [-0.15, -0.1) is 0 Å². The molecule has 1 aromatic carbocycles. The monoisotopic (exact) mass is 462 g/mol. The number of ether oxygens (including phenoxy) is 3. The summed E-state index contributed by atoms with van der Waals surface area (Å²) in [5.41, 5.74) is 1.16. The highest BCUT2D eigenvalue weighted by Gasteiger charge is 2.02. The first-order valence-corrected chi connectivity index (χ1v) is 13.7. The van der Waals surface area contributed by atoms with Gasteiger partial charge in [0.1, 0.15) is 6.61 Å². The number of carbonyl (C=O) groups is 1. The van der Waals surface area contributed by atoms with Crippen molar-refractivity contribution >= 4 is 5.97 Å². The molecule has 1 aromatic rings. The predicted octanol–water partition coefficient (Wildman–Crippen LogP) is 8.02. The number of carbonyl (C=O) groups excluding carboxylic acids is 1. The van der Waals surface area contributed by atoms with Crippen LogP contribution < -0.4 is 0 Å². The standard InChI is InChI=1S/C29H50O4/c1-2-3-4-5-6-7-8-9-10-11-12-13-14-15-19-22-29(30)33-26-25-31-23-24-32-27-28-20-17-16-18-21-28/h16-18,20-21H,2-15,19,22-27H2,1H3. The second-order valence-electron chi connectivity index (χ2n) is 9.07. The van der Waals surface area contributed by atoms with Crippen LogP contribution in [0, 0.1) is 0 Å². The van der Waals surface area contributed by atoms with E-state index in [-0.39, 0.29) is 5.97 Å². The van der Waals surface area contributed by atoms with Gasteiger partial charge < -0.3 is 14.2 Å². The number of esters is 1. The summed E-state index contributed by atoms with van der Waals surface area (Å²) in [6, 6.07) is 10.1. The first-order chi connectivity index (χ1) is 16.3. The van der Waals surface area contributed by atoms with E-state index in [2.05, 4.69) is 6.92 Å². The molecule has 33 heavy (non-hydrogen) atoms. The van der Waals surface area contributed by atoms with Crippen molar-refractivity contribution in [3.63, 3.8) is 0 Å². The summed E-state index contributed by atoms with van der Waals surface area (Å²) < 4.78 is 16.2.